The van der Waals surface area contributed by atoms with Crippen molar-refractivity contribution in [1.29, 1.82) is 0 Å². The molecule has 0 fully saturated rings. The lowest BCUT2D eigenvalue weighted by Crippen LogP contribution is -2.16. The zero-order valence-corrected chi connectivity index (χ0v) is 10.9. The van der Waals surface area contributed by atoms with Crippen molar-refractivity contribution in [3.8, 4) is 5.75 Å². The van der Waals surface area contributed by atoms with Crippen LogP contribution in [0.25, 0.3) is 0 Å². The summed E-state index contributed by atoms with van der Waals surface area (Å²) in [5, 5.41) is 0. The van der Waals surface area contributed by atoms with Gasteiger partial charge in [-0.1, -0.05) is 12.1 Å². The van der Waals surface area contributed by atoms with Crippen molar-refractivity contribution in [2.75, 3.05) is 6.61 Å². The van der Waals surface area contributed by atoms with Crippen molar-refractivity contribution in [1.82, 2.24) is 0 Å². The molecule has 98 valence electrons. The summed E-state index contributed by atoms with van der Waals surface area (Å²) in [6.45, 7) is 2.69. The molecule has 1 aromatic carbocycles. The number of hydrogen-bond acceptors (Lipinski definition) is 3. The third kappa shape index (κ3) is 3.10. The van der Waals surface area contributed by atoms with Crippen LogP contribution in [0.4, 0.5) is 0 Å². The minimum Gasteiger partial charge on any atom is -0.493 e. The van der Waals surface area contributed by atoms with Crippen molar-refractivity contribution in [2.24, 2.45) is 5.73 Å². The van der Waals surface area contributed by atoms with Gasteiger partial charge in [0, 0.05) is 12.5 Å². The molecule has 1 aromatic rings. The van der Waals surface area contributed by atoms with Crippen LogP contribution in [-0.2, 0) is 6.42 Å². The second-order valence-corrected chi connectivity index (χ2v) is 5.04. The maximum atomic E-state index is 12.2. The highest BCUT2D eigenvalue weighted by molar-refractivity contribution is 5.99. The predicted molar refractivity (Wildman–Crippen MR) is 72.1 cm³/mol. The number of benzene rings is 1. The Bertz CT molecular complexity index is 427. The van der Waals surface area contributed by atoms with E-state index in [1.807, 2.05) is 25.1 Å². The van der Waals surface area contributed by atoms with Crippen LogP contribution in [0.3, 0.4) is 0 Å². The number of hydrogen-bond donors (Lipinski definition) is 1. The predicted octanol–water partition coefficient (Wildman–Crippen LogP) is 2.71. The molecule has 1 aliphatic rings. The third-order valence-electron chi connectivity index (χ3n) is 3.30. The van der Waals surface area contributed by atoms with Crippen molar-refractivity contribution >= 4 is 5.78 Å². The van der Waals surface area contributed by atoms with Gasteiger partial charge >= 0.3 is 0 Å². The fourth-order valence-corrected chi connectivity index (χ4v) is 2.33. The van der Waals surface area contributed by atoms with Crippen molar-refractivity contribution in [3.63, 3.8) is 0 Å². The first-order valence-corrected chi connectivity index (χ1v) is 6.72. The van der Waals surface area contributed by atoms with Gasteiger partial charge in [-0.2, -0.15) is 0 Å². The molecule has 0 bridgehead atoms. The second kappa shape index (κ2) is 6.01. The molecule has 0 saturated carbocycles. The molecule has 1 aliphatic heterocycles. The lowest BCUT2D eigenvalue weighted by Gasteiger charge is -2.19. The number of Topliss-reactive ketones (excluding diaryl/α,β-unsaturated/α-hetero) is 1. The highest BCUT2D eigenvalue weighted by atomic mass is 16.5. The number of carbonyl (C=O) groups excluding carboxylic acids is 1. The number of nitrogens with two attached hydrogens (primary N) is 1. The summed E-state index contributed by atoms with van der Waals surface area (Å²) in [6.07, 6.45) is 4.34. The van der Waals surface area contributed by atoms with Crippen molar-refractivity contribution in [2.45, 2.75) is 45.1 Å². The van der Waals surface area contributed by atoms with Crippen LogP contribution in [0.5, 0.6) is 5.75 Å². The SMILES string of the molecule is CC(N)CCCC(=O)c1cccc2c1OCCC2. The van der Waals surface area contributed by atoms with Gasteiger partial charge in [0.25, 0.3) is 0 Å². The van der Waals surface area contributed by atoms with Crippen LogP contribution in [0, 0.1) is 0 Å². The van der Waals surface area contributed by atoms with E-state index in [1.54, 1.807) is 0 Å². The first kappa shape index (κ1) is 13.1. The molecular formula is C15H21NO2. The Morgan fingerprint density at radius 3 is 3.11 bits per heavy atom. The van der Waals surface area contributed by atoms with Gasteiger partial charge in [-0.15, -0.1) is 0 Å². The summed E-state index contributed by atoms with van der Waals surface area (Å²) in [5.41, 5.74) is 7.61. The van der Waals surface area contributed by atoms with Crippen LogP contribution >= 0.6 is 0 Å². The van der Waals surface area contributed by atoms with Crippen LogP contribution in [0.15, 0.2) is 18.2 Å². The van der Waals surface area contributed by atoms with Gasteiger partial charge in [-0.3, -0.25) is 4.79 Å². The van der Waals surface area contributed by atoms with Crippen molar-refractivity contribution < 1.29 is 9.53 Å². The maximum Gasteiger partial charge on any atom is 0.166 e. The van der Waals surface area contributed by atoms with Crippen LogP contribution in [0.2, 0.25) is 0 Å². The minimum absolute atomic E-state index is 0.165. The Morgan fingerprint density at radius 1 is 1.50 bits per heavy atom. The van der Waals surface area contributed by atoms with E-state index < -0.39 is 0 Å². The summed E-state index contributed by atoms with van der Waals surface area (Å²) in [7, 11) is 0. The number of para-hydroxylation sites is 1. The highest BCUT2D eigenvalue weighted by Crippen LogP contribution is 2.30. The van der Waals surface area contributed by atoms with E-state index in [4.69, 9.17) is 10.5 Å². The van der Waals surface area contributed by atoms with Crippen LogP contribution in [0.1, 0.15) is 48.5 Å². The minimum atomic E-state index is 0.165. The molecule has 3 nitrogen and oxygen atoms in total. The Balaban J connectivity index is 2.06. The Hall–Kier alpha value is -1.35. The molecule has 1 atom stereocenters. The summed E-state index contributed by atoms with van der Waals surface area (Å²) >= 11 is 0. The van der Waals surface area contributed by atoms with Crippen LogP contribution < -0.4 is 10.5 Å². The second-order valence-electron chi connectivity index (χ2n) is 5.04. The molecule has 1 unspecified atom stereocenters. The Morgan fingerprint density at radius 2 is 2.33 bits per heavy atom. The third-order valence-corrected chi connectivity index (χ3v) is 3.30. The molecule has 0 aliphatic carbocycles. The van der Waals surface area contributed by atoms with Crippen molar-refractivity contribution in [3.05, 3.63) is 29.3 Å². The molecule has 1 heterocycles. The smallest absolute Gasteiger partial charge is 0.166 e. The fourth-order valence-electron chi connectivity index (χ4n) is 2.33. The van der Waals surface area contributed by atoms with Crippen LogP contribution in [-0.4, -0.2) is 18.4 Å². The standard InChI is InChI=1S/C15H21NO2/c1-11(16)5-2-9-14(17)13-8-3-6-12-7-4-10-18-15(12)13/h3,6,8,11H,2,4-5,7,9-10,16H2,1H3. The summed E-state index contributed by atoms with van der Waals surface area (Å²) in [5.74, 6) is 0.990. The van der Waals surface area contributed by atoms with E-state index >= 15 is 0 Å². The molecule has 2 rings (SSSR count). The molecule has 3 heteroatoms. The Labute approximate surface area is 108 Å². The summed E-state index contributed by atoms with van der Waals surface area (Å²) in [4.78, 5) is 12.2. The monoisotopic (exact) mass is 247 g/mol. The van der Waals surface area contributed by atoms with Gasteiger partial charge in [0.15, 0.2) is 5.78 Å². The molecule has 0 spiro atoms. The topological polar surface area (TPSA) is 52.3 Å². The lowest BCUT2D eigenvalue weighted by molar-refractivity contribution is 0.0974. The molecule has 0 amide bonds. The van der Waals surface area contributed by atoms with Gasteiger partial charge in [0.05, 0.1) is 12.2 Å². The van der Waals surface area contributed by atoms with Gasteiger partial charge < -0.3 is 10.5 Å². The van der Waals surface area contributed by atoms with E-state index in [2.05, 4.69) is 0 Å². The molecule has 18 heavy (non-hydrogen) atoms. The van der Waals surface area contributed by atoms with Gasteiger partial charge in [0.2, 0.25) is 0 Å². The molecule has 0 radical (unpaired) electrons. The molecular weight excluding hydrogens is 226 g/mol. The number of ketones is 1. The number of ether oxygens (including phenoxy) is 1. The highest BCUT2D eigenvalue weighted by Gasteiger charge is 2.18. The number of fused-ring (bicyclic) bond motifs is 1. The normalized spacial score (nSPS) is 15.7. The molecule has 0 saturated heterocycles. The van der Waals surface area contributed by atoms with E-state index in [-0.39, 0.29) is 11.8 Å². The zero-order valence-electron chi connectivity index (χ0n) is 10.9. The maximum absolute atomic E-state index is 12.2. The van der Waals surface area contributed by atoms with E-state index in [1.165, 1.54) is 5.56 Å². The first-order valence-electron chi connectivity index (χ1n) is 6.72. The first-order chi connectivity index (χ1) is 8.68. The quantitative estimate of drug-likeness (QED) is 0.814. The average Bonchev–Trinajstić information content (AvgIpc) is 2.37. The van der Waals surface area contributed by atoms with E-state index in [0.29, 0.717) is 6.42 Å². The van der Waals surface area contributed by atoms with E-state index in [0.717, 1.165) is 43.6 Å². The zero-order chi connectivity index (χ0) is 13.0. The van der Waals surface area contributed by atoms with Gasteiger partial charge in [0.1, 0.15) is 5.75 Å². The average molecular weight is 247 g/mol. The number of carbonyl (C=O) groups is 1. The Kier molecular flexibility index (Phi) is 4.37. The van der Waals surface area contributed by atoms with Gasteiger partial charge in [-0.25, -0.2) is 0 Å². The molecule has 2 N–H and O–H groups in total. The van der Waals surface area contributed by atoms with Gasteiger partial charge in [-0.05, 0) is 44.2 Å². The largest absolute Gasteiger partial charge is 0.493 e. The summed E-state index contributed by atoms with van der Waals surface area (Å²) in [6, 6.07) is 6.04. The lowest BCUT2D eigenvalue weighted by atomic mass is 9.97. The number of rotatable bonds is 5. The fraction of sp³-hybridized carbons (Fsp3) is 0.533. The number of aryl methyl sites for hydroxylation is 1. The summed E-state index contributed by atoms with van der Waals surface area (Å²) < 4.78 is 5.66. The van der Waals surface area contributed by atoms with E-state index in [9.17, 15) is 4.79 Å². The molecule has 0 aromatic heterocycles.